The Morgan fingerprint density at radius 1 is 1.22 bits per heavy atom. The molecule has 2 aliphatic rings. The summed E-state index contributed by atoms with van der Waals surface area (Å²) in [5, 5.41) is 12.8. The van der Waals surface area contributed by atoms with Crippen LogP contribution in [-0.4, -0.2) is 54.2 Å². The van der Waals surface area contributed by atoms with Gasteiger partial charge in [-0.3, -0.25) is 9.59 Å². The van der Waals surface area contributed by atoms with Gasteiger partial charge in [-0.15, -0.1) is 0 Å². The molecule has 7 nitrogen and oxygen atoms in total. The second kappa shape index (κ2) is 9.30. The van der Waals surface area contributed by atoms with Crippen molar-refractivity contribution >= 4 is 17.5 Å². The van der Waals surface area contributed by atoms with Gasteiger partial charge in [-0.05, 0) is 30.5 Å². The van der Waals surface area contributed by atoms with Gasteiger partial charge in [-0.25, -0.2) is 0 Å². The molecule has 2 fully saturated rings. The van der Waals surface area contributed by atoms with Gasteiger partial charge in [0.05, 0.1) is 12.6 Å². The van der Waals surface area contributed by atoms with Crippen molar-refractivity contribution in [3.05, 3.63) is 29.8 Å². The summed E-state index contributed by atoms with van der Waals surface area (Å²) >= 11 is 0. The summed E-state index contributed by atoms with van der Waals surface area (Å²) in [6.45, 7) is 0.498. The molecular formula is C20H29N3O4. The van der Waals surface area contributed by atoms with Gasteiger partial charge in [0.1, 0.15) is 12.7 Å². The number of aliphatic hydroxyl groups excluding tert-OH is 1. The quantitative estimate of drug-likeness (QED) is 0.698. The van der Waals surface area contributed by atoms with Gasteiger partial charge in [0.15, 0.2) is 0 Å². The van der Waals surface area contributed by atoms with Crippen LogP contribution in [-0.2, 0) is 14.3 Å². The van der Waals surface area contributed by atoms with Crippen molar-refractivity contribution in [2.75, 3.05) is 31.6 Å². The molecule has 2 unspecified atom stereocenters. The van der Waals surface area contributed by atoms with Gasteiger partial charge in [-0.2, -0.15) is 0 Å². The second-order valence-corrected chi connectivity index (χ2v) is 7.30. The fraction of sp³-hybridized carbons (Fsp3) is 0.600. The van der Waals surface area contributed by atoms with Crippen LogP contribution < -0.4 is 11.1 Å². The number of benzene rings is 1. The summed E-state index contributed by atoms with van der Waals surface area (Å²) in [7, 11) is 0. The Morgan fingerprint density at radius 3 is 2.56 bits per heavy atom. The Labute approximate surface area is 159 Å². The lowest BCUT2D eigenvalue weighted by molar-refractivity contribution is -0.160. The summed E-state index contributed by atoms with van der Waals surface area (Å²) < 4.78 is 5.69. The predicted molar refractivity (Wildman–Crippen MR) is 102 cm³/mol. The molecule has 1 aromatic rings. The molecule has 3 rings (SSSR count). The number of carbonyl (C=O) groups is 2. The van der Waals surface area contributed by atoms with Crippen molar-refractivity contribution in [2.24, 2.45) is 11.7 Å². The van der Waals surface area contributed by atoms with Gasteiger partial charge in [0.25, 0.3) is 0 Å². The molecular weight excluding hydrogens is 346 g/mol. The number of carbonyl (C=O) groups excluding carboxylic acids is 2. The van der Waals surface area contributed by atoms with Crippen LogP contribution in [0.2, 0.25) is 0 Å². The molecule has 1 aliphatic carbocycles. The van der Waals surface area contributed by atoms with Crippen LogP contribution in [0.1, 0.15) is 43.8 Å². The molecule has 0 aromatic heterocycles. The first kappa shape index (κ1) is 19.8. The normalized spacial score (nSPS) is 24.1. The van der Waals surface area contributed by atoms with E-state index in [0.29, 0.717) is 13.1 Å². The van der Waals surface area contributed by atoms with Crippen molar-refractivity contribution in [2.45, 2.75) is 44.2 Å². The molecule has 4 N–H and O–H groups in total. The van der Waals surface area contributed by atoms with Gasteiger partial charge in [-0.1, -0.05) is 31.4 Å². The van der Waals surface area contributed by atoms with Crippen molar-refractivity contribution in [1.29, 1.82) is 0 Å². The molecule has 0 spiro atoms. The Hall–Kier alpha value is -1.96. The zero-order chi connectivity index (χ0) is 19.2. The van der Waals surface area contributed by atoms with E-state index in [9.17, 15) is 14.7 Å². The molecule has 1 aromatic carbocycles. The highest BCUT2D eigenvalue weighted by Crippen LogP contribution is 2.30. The van der Waals surface area contributed by atoms with Crippen molar-refractivity contribution < 1.29 is 19.4 Å². The zero-order valence-corrected chi connectivity index (χ0v) is 15.6. The minimum absolute atomic E-state index is 0.0265. The molecule has 0 bridgehead atoms. The third-order valence-electron chi connectivity index (χ3n) is 5.50. The van der Waals surface area contributed by atoms with E-state index in [1.54, 1.807) is 4.90 Å². The standard InChI is InChI=1S/C20H29N3O4/c21-10-11-23-17(12-24)19(27-13-18(23)25)14-6-8-16(9-7-14)22-20(26)15-4-2-1-3-5-15/h6-9,15,17,19,24H,1-5,10-13,21H2,(H,22,26). The number of rotatable bonds is 6. The van der Waals surface area contributed by atoms with Gasteiger partial charge in [0.2, 0.25) is 11.8 Å². The van der Waals surface area contributed by atoms with Gasteiger partial charge >= 0.3 is 0 Å². The number of nitrogens with two attached hydrogens (primary N) is 1. The number of aliphatic hydroxyl groups is 1. The molecule has 7 heteroatoms. The van der Waals surface area contributed by atoms with E-state index >= 15 is 0 Å². The highest BCUT2D eigenvalue weighted by atomic mass is 16.5. The maximum absolute atomic E-state index is 12.4. The molecule has 27 heavy (non-hydrogen) atoms. The molecule has 1 heterocycles. The molecule has 148 valence electrons. The molecule has 0 radical (unpaired) electrons. The van der Waals surface area contributed by atoms with Crippen LogP contribution in [0.5, 0.6) is 0 Å². The average Bonchev–Trinajstić information content (AvgIpc) is 2.71. The maximum Gasteiger partial charge on any atom is 0.249 e. The number of hydrogen-bond acceptors (Lipinski definition) is 5. The summed E-state index contributed by atoms with van der Waals surface area (Å²) in [6.07, 6.45) is 4.97. The SMILES string of the molecule is NCCN1C(=O)COC(c2ccc(NC(=O)C3CCCCC3)cc2)C1CO. The first-order valence-electron chi connectivity index (χ1n) is 9.77. The van der Waals surface area contributed by atoms with E-state index in [1.165, 1.54) is 6.42 Å². The van der Waals surface area contributed by atoms with E-state index in [2.05, 4.69) is 5.32 Å². The zero-order valence-electron chi connectivity index (χ0n) is 15.6. The largest absolute Gasteiger partial charge is 0.394 e. The molecule has 1 saturated carbocycles. The Bertz CT molecular complexity index is 643. The molecule has 2 amide bonds. The number of amides is 2. The van der Waals surface area contributed by atoms with E-state index < -0.39 is 12.1 Å². The van der Waals surface area contributed by atoms with Crippen molar-refractivity contribution in [3.8, 4) is 0 Å². The first-order valence-corrected chi connectivity index (χ1v) is 9.77. The fourth-order valence-corrected chi connectivity index (χ4v) is 4.01. The van der Waals surface area contributed by atoms with Crippen LogP contribution in [0.3, 0.4) is 0 Å². The monoisotopic (exact) mass is 375 g/mol. The van der Waals surface area contributed by atoms with Gasteiger partial charge < -0.3 is 25.8 Å². The number of ether oxygens (including phenoxy) is 1. The summed E-state index contributed by atoms with van der Waals surface area (Å²) in [5.41, 5.74) is 7.20. The summed E-state index contributed by atoms with van der Waals surface area (Å²) in [6, 6.07) is 6.98. The van der Waals surface area contributed by atoms with Crippen LogP contribution in [0.15, 0.2) is 24.3 Å². The minimum atomic E-state index is -0.461. The number of nitrogens with zero attached hydrogens (tertiary/aromatic N) is 1. The second-order valence-electron chi connectivity index (χ2n) is 7.30. The van der Waals surface area contributed by atoms with E-state index in [1.807, 2.05) is 24.3 Å². The Balaban J connectivity index is 1.66. The maximum atomic E-state index is 12.4. The van der Waals surface area contributed by atoms with E-state index in [4.69, 9.17) is 10.5 Å². The fourth-order valence-electron chi connectivity index (χ4n) is 4.01. The highest BCUT2D eigenvalue weighted by Gasteiger charge is 2.36. The average molecular weight is 375 g/mol. The van der Waals surface area contributed by atoms with Crippen molar-refractivity contribution in [1.82, 2.24) is 4.90 Å². The molecule has 2 atom stereocenters. The number of anilines is 1. The third kappa shape index (κ3) is 4.66. The predicted octanol–water partition coefficient (Wildman–Crippen LogP) is 1.42. The van der Waals surface area contributed by atoms with E-state index in [0.717, 1.165) is 36.9 Å². The molecule has 1 saturated heterocycles. The van der Waals surface area contributed by atoms with Crippen LogP contribution in [0.25, 0.3) is 0 Å². The molecule has 1 aliphatic heterocycles. The lowest BCUT2D eigenvalue weighted by atomic mass is 9.88. The topological polar surface area (TPSA) is 105 Å². The lowest BCUT2D eigenvalue weighted by Gasteiger charge is -2.40. The number of nitrogens with one attached hydrogen (secondary N) is 1. The van der Waals surface area contributed by atoms with Crippen LogP contribution in [0.4, 0.5) is 5.69 Å². The summed E-state index contributed by atoms with van der Waals surface area (Å²) in [4.78, 5) is 26.0. The van der Waals surface area contributed by atoms with Gasteiger partial charge in [0, 0.05) is 24.7 Å². The number of hydrogen-bond donors (Lipinski definition) is 3. The van der Waals surface area contributed by atoms with E-state index in [-0.39, 0.29) is 30.9 Å². The smallest absolute Gasteiger partial charge is 0.249 e. The highest BCUT2D eigenvalue weighted by molar-refractivity contribution is 5.92. The van der Waals surface area contributed by atoms with Crippen LogP contribution in [0, 0.1) is 5.92 Å². The van der Waals surface area contributed by atoms with Crippen LogP contribution >= 0.6 is 0 Å². The lowest BCUT2D eigenvalue weighted by Crippen LogP contribution is -2.54. The minimum Gasteiger partial charge on any atom is -0.394 e. The first-order chi connectivity index (χ1) is 13.1. The summed E-state index contributed by atoms with van der Waals surface area (Å²) in [5.74, 6) is 0.0335. The third-order valence-corrected chi connectivity index (χ3v) is 5.50. The Morgan fingerprint density at radius 2 is 1.93 bits per heavy atom. The Kier molecular flexibility index (Phi) is 6.82. The van der Waals surface area contributed by atoms with Crippen molar-refractivity contribution in [3.63, 3.8) is 0 Å². The number of morpholine rings is 1.